The lowest BCUT2D eigenvalue weighted by atomic mass is 10.1. The Balaban J connectivity index is 1.45. The summed E-state index contributed by atoms with van der Waals surface area (Å²) in [4.78, 5) is 40.4. The SMILES string of the molecule is O=C1c2ccccc2C(O)N1CCCc1cn(C2CC(O)C(CO)O2)c(=O)[nH]c1=O. The standard InChI is InChI=1S/C20H23N3O7/c24-10-15-14(25)8-16(30-15)23-9-11(17(26)21-20(23)29)4-3-7-22-18(27)12-5-1-2-6-13(12)19(22)28/h1-2,5-6,9,14-16,18,24-25,27H,3-4,7-8,10H2,(H,21,26,29). The Kier molecular flexibility index (Phi) is 5.56. The number of H-pyrrole nitrogens is 1. The number of hydrogen-bond acceptors (Lipinski definition) is 7. The molecule has 2 aliphatic heterocycles. The number of nitrogens with one attached hydrogen (secondary N) is 1. The topological polar surface area (TPSA) is 145 Å². The van der Waals surface area contributed by atoms with Crippen LogP contribution >= 0.6 is 0 Å². The number of aryl methyl sites for hydroxylation is 1. The van der Waals surface area contributed by atoms with Crippen LogP contribution in [0.1, 0.15) is 46.8 Å². The number of carbonyl (C=O) groups excluding carboxylic acids is 1. The molecule has 0 saturated carbocycles. The number of nitrogens with zero attached hydrogens (tertiary/aromatic N) is 2. The largest absolute Gasteiger partial charge is 0.394 e. The molecule has 1 saturated heterocycles. The highest BCUT2D eigenvalue weighted by atomic mass is 16.5. The number of rotatable bonds is 6. The first-order valence-electron chi connectivity index (χ1n) is 9.77. The van der Waals surface area contributed by atoms with Crippen molar-refractivity contribution in [1.29, 1.82) is 0 Å². The van der Waals surface area contributed by atoms with Crippen LogP contribution in [0.15, 0.2) is 40.1 Å². The van der Waals surface area contributed by atoms with E-state index < -0.39 is 35.9 Å². The first kappa shape index (κ1) is 20.5. The van der Waals surface area contributed by atoms with E-state index in [1.807, 2.05) is 0 Å². The highest BCUT2D eigenvalue weighted by molar-refractivity contribution is 5.98. The van der Waals surface area contributed by atoms with E-state index in [1.165, 1.54) is 15.7 Å². The molecule has 0 aliphatic carbocycles. The van der Waals surface area contributed by atoms with Gasteiger partial charge in [0.1, 0.15) is 12.3 Å². The number of amides is 1. The molecule has 3 heterocycles. The minimum Gasteiger partial charge on any atom is -0.394 e. The van der Waals surface area contributed by atoms with Crippen LogP contribution in [0.4, 0.5) is 0 Å². The van der Waals surface area contributed by atoms with Gasteiger partial charge in [-0.3, -0.25) is 19.1 Å². The zero-order valence-electron chi connectivity index (χ0n) is 16.1. The molecule has 2 aliphatic rings. The Morgan fingerprint density at radius 2 is 1.93 bits per heavy atom. The van der Waals surface area contributed by atoms with E-state index in [0.717, 1.165) is 0 Å². The number of ether oxygens (including phenoxy) is 1. The van der Waals surface area contributed by atoms with Gasteiger partial charge in [0.25, 0.3) is 11.5 Å². The van der Waals surface area contributed by atoms with Crippen molar-refractivity contribution >= 4 is 5.91 Å². The predicted octanol–water partition coefficient (Wildman–Crippen LogP) is -0.743. The lowest BCUT2D eigenvalue weighted by Crippen LogP contribution is -2.35. The molecule has 4 rings (SSSR count). The molecule has 30 heavy (non-hydrogen) atoms. The normalized spacial score (nSPS) is 25.7. The van der Waals surface area contributed by atoms with Crippen LogP contribution < -0.4 is 11.2 Å². The molecule has 0 spiro atoms. The van der Waals surface area contributed by atoms with Gasteiger partial charge in [0, 0.05) is 35.9 Å². The van der Waals surface area contributed by atoms with E-state index in [2.05, 4.69) is 4.98 Å². The number of aliphatic hydroxyl groups is 3. The Labute approximate surface area is 171 Å². The molecule has 4 atom stereocenters. The summed E-state index contributed by atoms with van der Waals surface area (Å²) < 4.78 is 6.69. The summed E-state index contributed by atoms with van der Waals surface area (Å²) in [5, 5.41) is 29.5. The lowest BCUT2D eigenvalue weighted by Gasteiger charge is -2.21. The van der Waals surface area contributed by atoms with Crippen molar-refractivity contribution in [2.45, 2.75) is 43.9 Å². The number of hydrogen-bond donors (Lipinski definition) is 4. The van der Waals surface area contributed by atoms with Crippen molar-refractivity contribution in [3.8, 4) is 0 Å². The van der Waals surface area contributed by atoms with Crippen LogP contribution in [0.3, 0.4) is 0 Å². The molecule has 4 N–H and O–H groups in total. The summed E-state index contributed by atoms with van der Waals surface area (Å²) >= 11 is 0. The number of benzene rings is 1. The average Bonchev–Trinajstić information content (AvgIpc) is 3.22. The van der Waals surface area contributed by atoms with E-state index in [0.29, 0.717) is 23.1 Å². The number of aliphatic hydroxyl groups excluding tert-OH is 3. The molecule has 10 heteroatoms. The van der Waals surface area contributed by atoms with Gasteiger partial charge in [-0.15, -0.1) is 0 Å². The maximum Gasteiger partial charge on any atom is 0.330 e. The van der Waals surface area contributed by atoms with Gasteiger partial charge in [-0.1, -0.05) is 18.2 Å². The second-order valence-corrected chi connectivity index (χ2v) is 7.50. The molecule has 2 aromatic rings. The van der Waals surface area contributed by atoms with Crippen LogP contribution in [0.5, 0.6) is 0 Å². The van der Waals surface area contributed by atoms with Crippen molar-refractivity contribution in [3.05, 3.63) is 68.0 Å². The van der Waals surface area contributed by atoms with Crippen LogP contribution in [0.2, 0.25) is 0 Å². The fourth-order valence-electron chi connectivity index (χ4n) is 3.98. The predicted molar refractivity (Wildman–Crippen MR) is 104 cm³/mol. The lowest BCUT2D eigenvalue weighted by molar-refractivity contribution is -0.0460. The molecule has 1 amide bonds. The van der Waals surface area contributed by atoms with Gasteiger partial charge in [0.2, 0.25) is 0 Å². The molecule has 1 fully saturated rings. The van der Waals surface area contributed by atoms with Crippen molar-refractivity contribution in [2.75, 3.05) is 13.2 Å². The summed E-state index contributed by atoms with van der Waals surface area (Å²) in [5.74, 6) is -0.264. The van der Waals surface area contributed by atoms with E-state index in [1.54, 1.807) is 24.3 Å². The zero-order valence-corrected chi connectivity index (χ0v) is 16.1. The first-order chi connectivity index (χ1) is 14.4. The van der Waals surface area contributed by atoms with Crippen molar-refractivity contribution in [1.82, 2.24) is 14.5 Å². The molecule has 0 bridgehead atoms. The summed E-state index contributed by atoms with van der Waals surface area (Å²) in [5.41, 5.74) is 0.139. The Morgan fingerprint density at radius 1 is 1.17 bits per heavy atom. The third-order valence-corrected chi connectivity index (χ3v) is 5.61. The van der Waals surface area contributed by atoms with Gasteiger partial charge in [-0.2, -0.15) is 0 Å². The van der Waals surface area contributed by atoms with E-state index in [9.17, 15) is 29.7 Å². The number of aromatic amines is 1. The highest BCUT2D eigenvalue weighted by Crippen LogP contribution is 2.31. The number of aromatic nitrogens is 2. The second-order valence-electron chi connectivity index (χ2n) is 7.50. The van der Waals surface area contributed by atoms with Gasteiger partial charge < -0.3 is 25.0 Å². The average molecular weight is 417 g/mol. The van der Waals surface area contributed by atoms with Crippen LogP contribution in [0, 0.1) is 0 Å². The summed E-state index contributed by atoms with van der Waals surface area (Å²) in [6.45, 7) is -0.143. The Morgan fingerprint density at radius 3 is 2.63 bits per heavy atom. The van der Waals surface area contributed by atoms with Crippen LogP contribution in [0.25, 0.3) is 0 Å². The summed E-state index contributed by atoms with van der Waals surface area (Å²) in [6.07, 6.45) is -1.36. The number of fused-ring (bicyclic) bond motifs is 1. The van der Waals surface area contributed by atoms with E-state index in [-0.39, 0.29) is 31.9 Å². The third-order valence-electron chi connectivity index (χ3n) is 5.61. The zero-order chi connectivity index (χ0) is 21.4. The van der Waals surface area contributed by atoms with E-state index >= 15 is 0 Å². The van der Waals surface area contributed by atoms with Crippen molar-refractivity contribution < 1.29 is 24.9 Å². The Hall–Kier alpha value is -2.79. The van der Waals surface area contributed by atoms with Crippen LogP contribution in [-0.4, -0.2) is 61.0 Å². The molecular formula is C20H23N3O7. The van der Waals surface area contributed by atoms with Gasteiger partial charge in [0.05, 0.1) is 12.7 Å². The summed E-state index contributed by atoms with van der Waals surface area (Å²) in [7, 11) is 0. The van der Waals surface area contributed by atoms with Gasteiger partial charge in [-0.05, 0) is 18.9 Å². The summed E-state index contributed by atoms with van der Waals surface area (Å²) in [6, 6.07) is 6.86. The highest BCUT2D eigenvalue weighted by Gasteiger charge is 2.36. The fraction of sp³-hybridized carbons (Fsp3) is 0.450. The minimum absolute atomic E-state index is 0.114. The monoisotopic (exact) mass is 417 g/mol. The molecule has 0 radical (unpaired) electrons. The van der Waals surface area contributed by atoms with Gasteiger partial charge in [0.15, 0.2) is 6.23 Å². The quantitative estimate of drug-likeness (QED) is 0.484. The van der Waals surface area contributed by atoms with Crippen molar-refractivity contribution in [3.63, 3.8) is 0 Å². The van der Waals surface area contributed by atoms with Crippen molar-refractivity contribution in [2.24, 2.45) is 0 Å². The van der Waals surface area contributed by atoms with Gasteiger partial charge >= 0.3 is 5.69 Å². The van der Waals surface area contributed by atoms with Crippen LogP contribution in [-0.2, 0) is 11.2 Å². The molecule has 160 valence electrons. The molecule has 10 nitrogen and oxygen atoms in total. The number of carbonyl (C=O) groups is 1. The molecule has 4 unspecified atom stereocenters. The van der Waals surface area contributed by atoms with E-state index in [4.69, 9.17) is 4.74 Å². The van der Waals surface area contributed by atoms with Gasteiger partial charge in [-0.25, -0.2) is 4.79 Å². The fourth-order valence-corrected chi connectivity index (χ4v) is 3.98. The first-order valence-corrected chi connectivity index (χ1v) is 9.77. The molecular weight excluding hydrogens is 394 g/mol. The second kappa shape index (κ2) is 8.15. The molecule has 1 aromatic heterocycles. The maximum atomic E-state index is 12.5. The third kappa shape index (κ3) is 3.58. The Bertz CT molecular complexity index is 1060. The molecule has 1 aromatic carbocycles. The smallest absolute Gasteiger partial charge is 0.330 e. The minimum atomic E-state index is -1.02. The maximum absolute atomic E-state index is 12.5.